The van der Waals surface area contributed by atoms with Crippen molar-refractivity contribution in [1.29, 1.82) is 0 Å². The topological polar surface area (TPSA) is 76.4 Å². The lowest BCUT2D eigenvalue weighted by molar-refractivity contribution is 0.318. The van der Waals surface area contributed by atoms with Crippen LogP contribution in [0.15, 0.2) is 35.6 Å². The summed E-state index contributed by atoms with van der Waals surface area (Å²) in [6.45, 7) is 3.85. The van der Waals surface area contributed by atoms with Crippen LogP contribution in [0.1, 0.15) is 16.8 Å². The van der Waals surface area contributed by atoms with Gasteiger partial charge in [-0.15, -0.1) is 0 Å². The Kier molecular flexibility index (Phi) is 2.82. The van der Waals surface area contributed by atoms with Crippen molar-refractivity contribution < 1.29 is 5.21 Å². The molecule has 0 fully saturated rings. The van der Waals surface area contributed by atoms with Gasteiger partial charge in [0, 0.05) is 11.8 Å². The summed E-state index contributed by atoms with van der Waals surface area (Å²) >= 11 is 0. The van der Waals surface area contributed by atoms with Crippen molar-refractivity contribution in [2.24, 2.45) is 10.9 Å². The third kappa shape index (κ3) is 2.13. The SMILES string of the molecule is Cc1ccn(-c2ccc(/C(N)=N/O)c(C)c2)n1. The molecule has 0 aliphatic rings. The van der Waals surface area contributed by atoms with E-state index in [0.29, 0.717) is 0 Å². The van der Waals surface area contributed by atoms with Crippen LogP contribution in [0.2, 0.25) is 0 Å². The maximum Gasteiger partial charge on any atom is 0.170 e. The van der Waals surface area contributed by atoms with Gasteiger partial charge < -0.3 is 10.9 Å². The molecule has 5 heteroatoms. The molecule has 5 nitrogen and oxygen atoms in total. The molecule has 0 radical (unpaired) electrons. The summed E-state index contributed by atoms with van der Waals surface area (Å²) in [5.74, 6) is 0.116. The van der Waals surface area contributed by atoms with Crippen LogP contribution in [-0.4, -0.2) is 20.8 Å². The third-order valence-electron chi connectivity index (χ3n) is 2.58. The lowest BCUT2D eigenvalue weighted by atomic mass is 10.1. The first-order chi connectivity index (χ1) is 8.11. The molecule has 0 amide bonds. The Morgan fingerprint density at radius 3 is 2.65 bits per heavy atom. The van der Waals surface area contributed by atoms with Gasteiger partial charge in [-0.3, -0.25) is 0 Å². The molecule has 0 saturated heterocycles. The van der Waals surface area contributed by atoms with Crippen LogP contribution in [-0.2, 0) is 0 Å². The highest BCUT2D eigenvalue weighted by molar-refractivity contribution is 5.98. The van der Waals surface area contributed by atoms with Gasteiger partial charge in [-0.05, 0) is 43.7 Å². The molecule has 0 aliphatic carbocycles. The van der Waals surface area contributed by atoms with E-state index in [2.05, 4.69) is 10.3 Å². The van der Waals surface area contributed by atoms with Gasteiger partial charge in [-0.1, -0.05) is 5.16 Å². The molecule has 0 saturated carbocycles. The first-order valence-corrected chi connectivity index (χ1v) is 5.23. The van der Waals surface area contributed by atoms with Crippen molar-refractivity contribution in [3.8, 4) is 5.69 Å². The highest BCUT2D eigenvalue weighted by atomic mass is 16.4. The summed E-state index contributed by atoms with van der Waals surface area (Å²) in [7, 11) is 0. The molecule has 0 atom stereocenters. The minimum Gasteiger partial charge on any atom is -0.409 e. The van der Waals surface area contributed by atoms with Crippen LogP contribution in [0.5, 0.6) is 0 Å². The van der Waals surface area contributed by atoms with Gasteiger partial charge in [0.2, 0.25) is 0 Å². The number of nitrogens with two attached hydrogens (primary N) is 1. The molecule has 17 heavy (non-hydrogen) atoms. The van der Waals surface area contributed by atoms with Crippen molar-refractivity contribution in [3.63, 3.8) is 0 Å². The standard InChI is InChI=1S/C12H14N4O/c1-8-7-10(16-6-5-9(2)14-16)3-4-11(8)12(13)15-17/h3-7,17H,1-2H3,(H2,13,15). The average Bonchev–Trinajstić information content (AvgIpc) is 2.75. The number of hydrogen-bond donors (Lipinski definition) is 2. The van der Waals surface area contributed by atoms with Crippen LogP contribution in [0.3, 0.4) is 0 Å². The fourth-order valence-electron chi connectivity index (χ4n) is 1.69. The molecule has 3 N–H and O–H groups in total. The average molecular weight is 230 g/mol. The van der Waals surface area contributed by atoms with Crippen molar-refractivity contribution in [1.82, 2.24) is 9.78 Å². The minimum atomic E-state index is 0.116. The highest BCUT2D eigenvalue weighted by Gasteiger charge is 2.06. The van der Waals surface area contributed by atoms with Gasteiger partial charge in [0.1, 0.15) is 0 Å². The van der Waals surface area contributed by atoms with Crippen LogP contribution in [0, 0.1) is 13.8 Å². The van der Waals surface area contributed by atoms with E-state index in [1.165, 1.54) is 0 Å². The Hall–Kier alpha value is -2.30. The largest absolute Gasteiger partial charge is 0.409 e. The highest BCUT2D eigenvalue weighted by Crippen LogP contribution is 2.14. The van der Waals surface area contributed by atoms with Crippen LogP contribution in [0.25, 0.3) is 5.69 Å². The van der Waals surface area contributed by atoms with E-state index in [4.69, 9.17) is 10.9 Å². The van der Waals surface area contributed by atoms with Gasteiger partial charge >= 0.3 is 0 Å². The predicted octanol–water partition coefficient (Wildman–Crippen LogP) is 1.58. The molecule has 0 unspecified atom stereocenters. The second kappa shape index (κ2) is 4.29. The van der Waals surface area contributed by atoms with Gasteiger partial charge in [-0.2, -0.15) is 5.10 Å². The molecule has 0 bridgehead atoms. The Morgan fingerprint density at radius 1 is 1.35 bits per heavy atom. The van der Waals surface area contributed by atoms with E-state index in [1.807, 2.05) is 44.3 Å². The number of amidine groups is 1. The molecule has 88 valence electrons. The van der Waals surface area contributed by atoms with E-state index in [-0.39, 0.29) is 5.84 Å². The lowest BCUT2D eigenvalue weighted by Gasteiger charge is -2.07. The van der Waals surface area contributed by atoms with Gasteiger partial charge in [-0.25, -0.2) is 4.68 Å². The zero-order valence-corrected chi connectivity index (χ0v) is 9.75. The van der Waals surface area contributed by atoms with Crippen molar-refractivity contribution in [2.45, 2.75) is 13.8 Å². The first-order valence-electron chi connectivity index (χ1n) is 5.23. The normalized spacial score (nSPS) is 11.8. The number of aryl methyl sites for hydroxylation is 2. The molecule has 0 aliphatic heterocycles. The number of nitrogens with zero attached hydrogens (tertiary/aromatic N) is 3. The number of hydrogen-bond acceptors (Lipinski definition) is 3. The van der Waals surface area contributed by atoms with Crippen molar-refractivity contribution in [3.05, 3.63) is 47.3 Å². The van der Waals surface area contributed by atoms with Crippen molar-refractivity contribution in [2.75, 3.05) is 0 Å². The summed E-state index contributed by atoms with van der Waals surface area (Å²) < 4.78 is 1.79. The van der Waals surface area contributed by atoms with Gasteiger partial charge in [0.15, 0.2) is 5.84 Å². The monoisotopic (exact) mass is 230 g/mol. The molecule has 0 spiro atoms. The second-order valence-electron chi connectivity index (χ2n) is 3.89. The molecule has 1 heterocycles. The maximum atomic E-state index is 8.65. The Labute approximate surface area is 99.2 Å². The van der Waals surface area contributed by atoms with E-state index >= 15 is 0 Å². The quantitative estimate of drug-likeness (QED) is 0.356. The van der Waals surface area contributed by atoms with Crippen LogP contribution in [0.4, 0.5) is 0 Å². The van der Waals surface area contributed by atoms with Crippen LogP contribution >= 0.6 is 0 Å². The van der Waals surface area contributed by atoms with Gasteiger partial charge in [0.25, 0.3) is 0 Å². The lowest BCUT2D eigenvalue weighted by Crippen LogP contribution is -2.14. The Balaban J connectivity index is 2.44. The van der Waals surface area contributed by atoms with Crippen molar-refractivity contribution >= 4 is 5.84 Å². The Bertz CT molecular complexity index is 572. The summed E-state index contributed by atoms with van der Waals surface area (Å²) in [4.78, 5) is 0. The molecule has 2 aromatic rings. The fraction of sp³-hybridized carbons (Fsp3) is 0.167. The summed E-state index contributed by atoms with van der Waals surface area (Å²) in [5, 5.41) is 16.0. The first kappa shape index (κ1) is 11.2. The number of oxime groups is 1. The van der Waals surface area contributed by atoms with E-state index in [9.17, 15) is 0 Å². The predicted molar refractivity (Wildman–Crippen MR) is 65.5 cm³/mol. The smallest absolute Gasteiger partial charge is 0.170 e. The molecular formula is C12H14N4O. The number of rotatable bonds is 2. The minimum absolute atomic E-state index is 0.116. The van der Waals surface area contributed by atoms with E-state index in [0.717, 1.165) is 22.5 Å². The maximum absolute atomic E-state index is 8.65. The zero-order valence-electron chi connectivity index (χ0n) is 9.75. The summed E-state index contributed by atoms with van der Waals surface area (Å²) in [6.07, 6.45) is 1.90. The molecule has 2 rings (SSSR count). The van der Waals surface area contributed by atoms with E-state index < -0.39 is 0 Å². The molecule has 1 aromatic heterocycles. The van der Waals surface area contributed by atoms with Gasteiger partial charge in [0.05, 0.1) is 11.4 Å². The third-order valence-corrected chi connectivity index (χ3v) is 2.58. The van der Waals surface area contributed by atoms with Crippen LogP contribution < -0.4 is 5.73 Å². The number of benzene rings is 1. The summed E-state index contributed by atoms with van der Waals surface area (Å²) in [6, 6.07) is 7.58. The molecular weight excluding hydrogens is 216 g/mol. The summed E-state index contributed by atoms with van der Waals surface area (Å²) in [5.41, 5.74) is 9.13. The zero-order chi connectivity index (χ0) is 12.4. The number of aromatic nitrogens is 2. The van der Waals surface area contributed by atoms with E-state index in [1.54, 1.807) is 4.68 Å². The fourth-order valence-corrected chi connectivity index (χ4v) is 1.69. The Morgan fingerprint density at radius 2 is 2.12 bits per heavy atom. The molecule has 1 aromatic carbocycles. The second-order valence-corrected chi connectivity index (χ2v) is 3.89.